The van der Waals surface area contributed by atoms with Crippen LogP contribution in [0.4, 0.5) is 17.1 Å². The Bertz CT molecular complexity index is 870. The van der Waals surface area contributed by atoms with Crippen molar-refractivity contribution in [1.82, 2.24) is 0 Å². The quantitative estimate of drug-likeness (QED) is 0.631. The number of thiophene rings is 1. The minimum atomic E-state index is -3.61. The first kappa shape index (κ1) is 14.2. The molecule has 104 valence electrons. The third-order valence-electron chi connectivity index (χ3n) is 2.66. The Morgan fingerprint density at radius 1 is 1.35 bits per heavy atom. The Balaban J connectivity index is 2.02. The Morgan fingerprint density at radius 3 is 2.85 bits per heavy atom. The second-order valence-electron chi connectivity index (χ2n) is 4.01. The molecule has 0 unspecified atom stereocenters. The number of anilines is 1. The molecule has 9 heteroatoms. The van der Waals surface area contributed by atoms with E-state index in [2.05, 4.69) is 28.6 Å². The maximum absolute atomic E-state index is 12.4. The monoisotopic (exact) mass is 437 g/mol. The van der Waals surface area contributed by atoms with Gasteiger partial charge in [-0.3, -0.25) is 0 Å². The molecule has 0 saturated heterocycles. The molecular weight excluding hydrogens is 429 g/mol. The molecule has 1 N–H and O–H groups in total. The summed E-state index contributed by atoms with van der Waals surface area (Å²) in [6, 6.07) is 6.91. The summed E-state index contributed by atoms with van der Waals surface area (Å²) in [6.07, 6.45) is 0. The van der Waals surface area contributed by atoms with Gasteiger partial charge in [0.25, 0.3) is 0 Å². The van der Waals surface area contributed by atoms with Crippen LogP contribution in [0.5, 0.6) is 0 Å². The zero-order valence-electron chi connectivity index (χ0n) is 10.1. The fourth-order valence-electron chi connectivity index (χ4n) is 1.79. The Kier molecular flexibility index (Phi) is 3.72. The molecule has 0 radical (unpaired) electrons. The van der Waals surface area contributed by atoms with Gasteiger partial charge in [-0.15, -0.1) is 0 Å². The molecule has 0 saturated carbocycles. The number of benzene rings is 1. The van der Waals surface area contributed by atoms with Crippen LogP contribution in [0.3, 0.4) is 0 Å². The molecule has 1 aromatic heterocycles. The van der Waals surface area contributed by atoms with E-state index in [1.807, 2.05) is 6.07 Å². The number of halogens is 1. The van der Waals surface area contributed by atoms with Crippen LogP contribution in [-0.4, -0.2) is 23.0 Å². The third-order valence-corrected chi connectivity index (χ3v) is 6.97. The number of sulfonamides is 1. The van der Waals surface area contributed by atoms with Gasteiger partial charge in [0.05, 0.1) is 0 Å². The van der Waals surface area contributed by atoms with Gasteiger partial charge in [-0.05, 0) is 0 Å². The number of hydrogen-bond acceptors (Lipinski definition) is 5. The van der Waals surface area contributed by atoms with Crippen LogP contribution < -0.4 is 4.72 Å². The summed E-state index contributed by atoms with van der Waals surface area (Å²) in [4.78, 5) is 1.02. The molecule has 0 fully saturated rings. The second kappa shape index (κ2) is 5.23. The van der Waals surface area contributed by atoms with E-state index < -0.39 is 10.0 Å². The zero-order valence-corrected chi connectivity index (χ0v) is 15.1. The van der Waals surface area contributed by atoms with E-state index in [9.17, 15) is 8.42 Å². The summed E-state index contributed by atoms with van der Waals surface area (Å²) < 4.78 is 36.8. The summed E-state index contributed by atoms with van der Waals surface area (Å²) in [5.41, 5.74) is 1.85. The molecule has 2 heterocycles. The van der Waals surface area contributed by atoms with Crippen molar-refractivity contribution in [1.29, 1.82) is 0 Å². The maximum atomic E-state index is 12.4. The number of nitrogens with zero attached hydrogens (tertiary/aromatic N) is 2. The van der Waals surface area contributed by atoms with E-state index in [1.54, 1.807) is 25.1 Å². The van der Waals surface area contributed by atoms with E-state index in [1.165, 1.54) is 11.3 Å². The molecule has 1 aliphatic heterocycles. The molecule has 0 amide bonds. The molecule has 1 aromatic carbocycles. The standard InChI is InChI=1S/C11H8BrN3O2S2Se/c1-6-9(5-10(12)18-6)19(16,17)13-7-3-2-4-8-11(7)15-20-14-8/h2-5,13H,1H3. The zero-order chi connectivity index (χ0) is 14.3. The third kappa shape index (κ3) is 2.56. The molecule has 0 spiro atoms. The van der Waals surface area contributed by atoms with Gasteiger partial charge in [-0.2, -0.15) is 0 Å². The Labute approximate surface area is 134 Å². The van der Waals surface area contributed by atoms with Crippen LogP contribution in [0.25, 0.3) is 0 Å². The topological polar surface area (TPSA) is 70.9 Å². The van der Waals surface area contributed by atoms with Crippen LogP contribution in [0.2, 0.25) is 0 Å². The van der Waals surface area contributed by atoms with Gasteiger partial charge in [0, 0.05) is 0 Å². The van der Waals surface area contributed by atoms with E-state index in [-0.39, 0.29) is 19.5 Å². The summed E-state index contributed by atoms with van der Waals surface area (Å²) in [5, 5.41) is 0. The van der Waals surface area contributed by atoms with Gasteiger partial charge in [-0.25, -0.2) is 0 Å². The fourth-order valence-corrected chi connectivity index (χ4v) is 6.42. The van der Waals surface area contributed by atoms with E-state index in [4.69, 9.17) is 0 Å². The van der Waals surface area contributed by atoms with Crippen molar-refractivity contribution in [3.63, 3.8) is 0 Å². The summed E-state index contributed by atoms with van der Waals surface area (Å²) in [6.45, 7) is 1.78. The predicted molar refractivity (Wildman–Crippen MR) is 83.9 cm³/mol. The molecule has 0 bridgehead atoms. The SMILES string of the molecule is Cc1sc(Br)cc1S(=O)(=O)Nc1cccc2c1N=[Se]=N2. The van der Waals surface area contributed by atoms with Gasteiger partial charge < -0.3 is 0 Å². The van der Waals surface area contributed by atoms with Crippen molar-refractivity contribution in [2.24, 2.45) is 7.92 Å². The van der Waals surface area contributed by atoms with E-state index in [0.29, 0.717) is 11.4 Å². The van der Waals surface area contributed by atoms with E-state index >= 15 is 0 Å². The summed E-state index contributed by atoms with van der Waals surface area (Å²) in [5.74, 6) is 0. The van der Waals surface area contributed by atoms with Crippen LogP contribution in [0.1, 0.15) is 4.88 Å². The second-order valence-corrected chi connectivity index (χ2v) is 9.41. The van der Waals surface area contributed by atoms with Crippen molar-refractivity contribution < 1.29 is 8.42 Å². The van der Waals surface area contributed by atoms with Gasteiger partial charge >= 0.3 is 135 Å². The first-order valence-electron chi connectivity index (χ1n) is 5.47. The first-order chi connectivity index (χ1) is 9.47. The van der Waals surface area contributed by atoms with Gasteiger partial charge in [0.2, 0.25) is 0 Å². The number of hydrogen-bond donors (Lipinski definition) is 1. The molecule has 20 heavy (non-hydrogen) atoms. The van der Waals surface area contributed by atoms with Crippen molar-refractivity contribution in [3.05, 3.63) is 32.9 Å². The van der Waals surface area contributed by atoms with Gasteiger partial charge in [0.1, 0.15) is 0 Å². The number of rotatable bonds is 3. The summed E-state index contributed by atoms with van der Waals surface area (Å²) in [7, 11) is -3.61. The van der Waals surface area contributed by atoms with E-state index in [0.717, 1.165) is 14.4 Å². The van der Waals surface area contributed by atoms with Crippen molar-refractivity contribution in [2.45, 2.75) is 11.8 Å². The van der Waals surface area contributed by atoms with Crippen LogP contribution in [-0.2, 0) is 10.0 Å². The van der Waals surface area contributed by atoms with Gasteiger partial charge in [0.15, 0.2) is 0 Å². The normalized spacial score (nSPS) is 13.1. The molecule has 1 aliphatic rings. The number of nitrogens with one attached hydrogen (secondary N) is 1. The molecular formula is C11H8BrN3O2S2Se. The summed E-state index contributed by atoms with van der Waals surface area (Å²) >= 11 is 4.51. The molecule has 5 nitrogen and oxygen atoms in total. The fraction of sp³-hybridized carbons (Fsp3) is 0.0909. The minimum absolute atomic E-state index is 0.189. The van der Waals surface area contributed by atoms with Crippen LogP contribution >= 0.6 is 27.3 Å². The molecule has 3 rings (SSSR count). The average Bonchev–Trinajstić information content (AvgIpc) is 2.96. The Hall–Kier alpha value is -0.731. The predicted octanol–water partition coefficient (Wildman–Crippen LogP) is 3.97. The Morgan fingerprint density at radius 2 is 2.15 bits per heavy atom. The first-order valence-corrected chi connectivity index (χ1v) is 10.1. The van der Waals surface area contributed by atoms with Gasteiger partial charge in [-0.1, -0.05) is 0 Å². The molecule has 0 atom stereocenters. The average molecular weight is 437 g/mol. The van der Waals surface area contributed by atoms with Crippen molar-refractivity contribution in [2.75, 3.05) is 4.72 Å². The van der Waals surface area contributed by atoms with Crippen molar-refractivity contribution >= 4 is 68.9 Å². The number of fused-ring (bicyclic) bond motifs is 1. The molecule has 0 aliphatic carbocycles. The van der Waals surface area contributed by atoms with Crippen molar-refractivity contribution in [3.8, 4) is 0 Å². The van der Waals surface area contributed by atoms with Crippen LogP contribution in [0.15, 0.2) is 40.9 Å². The molecule has 2 aromatic rings. The van der Waals surface area contributed by atoms with Crippen LogP contribution in [0, 0.1) is 6.92 Å². The number of aryl methyl sites for hydroxylation is 1.